The Morgan fingerprint density at radius 2 is 1.95 bits per heavy atom. The summed E-state index contributed by atoms with van der Waals surface area (Å²) in [4.78, 5) is 32.1. The maximum atomic E-state index is 11.4. The molecule has 1 aromatic rings. The lowest BCUT2D eigenvalue weighted by atomic mass is 10.0. The molecule has 1 aromatic heterocycles. The maximum absolute atomic E-state index is 11.4. The normalized spacial score (nSPS) is 11.0. The number of carboxylic acid groups (broad SMARTS) is 1. The molecule has 1 N–H and O–H groups in total. The SMILES string of the molecule is COC(=O)c1nc(C)cc(N(C)C(C)(C)C(=O)O)n1. The summed E-state index contributed by atoms with van der Waals surface area (Å²) >= 11 is 0. The van der Waals surface area contributed by atoms with Crippen LogP contribution in [0.25, 0.3) is 0 Å². The fourth-order valence-electron chi connectivity index (χ4n) is 1.34. The van der Waals surface area contributed by atoms with Crippen LogP contribution in [-0.4, -0.2) is 46.7 Å². The van der Waals surface area contributed by atoms with Gasteiger partial charge in [0.15, 0.2) is 0 Å². The van der Waals surface area contributed by atoms with E-state index in [1.165, 1.54) is 12.0 Å². The van der Waals surface area contributed by atoms with Crippen LogP contribution in [0.1, 0.15) is 30.2 Å². The first-order valence-electron chi connectivity index (χ1n) is 5.61. The third-order valence-electron chi connectivity index (χ3n) is 2.91. The van der Waals surface area contributed by atoms with Gasteiger partial charge in [-0.05, 0) is 20.8 Å². The van der Waals surface area contributed by atoms with E-state index in [1.54, 1.807) is 33.9 Å². The highest BCUT2D eigenvalue weighted by Crippen LogP contribution is 2.21. The number of anilines is 1. The summed E-state index contributed by atoms with van der Waals surface area (Å²) < 4.78 is 4.56. The summed E-state index contributed by atoms with van der Waals surface area (Å²) in [6.45, 7) is 4.79. The molecule has 1 rings (SSSR count). The number of nitrogens with zero attached hydrogens (tertiary/aromatic N) is 3. The molecule has 0 aliphatic carbocycles. The molecule has 0 aliphatic rings. The van der Waals surface area contributed by atoms with E-state index >= 15 is 0 Å². The third kappa shape index (κ3) is 2.98. The van der Waals surface area contributed by atoms with Crippen molar-refractivity contribution in [2.24, 2.45) is 0 Å². The van der Waals surface area contributed by atoms with Gasteiger partial charge in [-0.25, -0.2) is 19.6 Å². The molecule has 0 aromatic carbocycles. The lowest BCUT2D eigenvalue weighted by molar-refractivity contribution is -0.142. The molecule has 1 heterocycles. The van der Waals surface area contributed by atoms with Crippen molar-refractivity contribution in [2.45, 2.75) is 26.3 Å². The first-order valence-corrected chi connectivity index (χ1v) is 5.61. The molecular weight excluding hydrogens is 250 g/mol. The molecule has 0 radical (unpaired) electrons. The molecule has 0 spiro atoms. The van der Waals surface area contributed by atoms with Crippen molar-refractivity contribution in [3.63, 3.8) is 0 Å². The van der Waals surface area contributed by atoms with Crippen molar-refractivity contribution in [3.8, 4) is 0 Å². The molecule has 0 saturated heterocycles. The Hall–Kier alpha value is -2.18. The molecule has 104 valence electrons. The number of likely N-dealkylation sites (N-methyl/N-ethyl adjacent to an activating group) is 1. The van der Waals surface area contributed by atoms with Crippen LogP contribution in [0, 0.1) is 6.92 Å². The minimum atomic E-state index is -1.16. The van der Waals surface area contributed by atoms with Crippen molar-refractivity contribution in [1.82, 2.24) is 9.97 Å². The van der Waals surface area contributed by atoms with E-state index < -0.39 is 17.5 Å². The van der Waals surface area contributed by atoms with E-state index in [0.717, 1.165) is 0 Å². The summed E-state index contributed by atoms with van der Waals surface area (Å²) in [6, 6.07) is 1.61. The molecule has 0 fully saturated rings. The van der Waals surface area contributed by atoms with Gasteiger partial charge >= 0.3 is 11.9 Å². The highest BCUT2D eigenvalue weighted by atomic mass is 16.5. The number of esters is 1. The van der Waals surface area contributed by atoms with Crippen LogP contribution in [0.5, 0.6) is 0 Å². The van der Waals surface area contributed by atoms with Crippen molar-refractivity contribution in [2.75, 3.05) is 19.1 Å². The Morgan fingerprint density at radius 3 is 2.42 bits per heavy atom. The van der Waals surface area contributed by atoms with Crippen molar-refractivity contribution >= 4 is 17.8 Å². The topological polar surface area (TPSA) is 92.6 Å². The molecule has 0 unspecified atom stereocenters. The average molecular weight is 267 g/mol. The Labute approximate surface area is 111 Å². The minimum Gasteiger partial charge on any atom is -0.480 e. The molecule has 7 heteroatoms. The number of carbonyl (C=O) groups excluding carboxylic acids is 1. The highest BCUT2D eigenvalue weighted by Gasteiger charge is 2.33. The smallest absolute Gasteiger partial charge is 0.376 e. The van der Waals surface area contributed by atoms with Gasteiger partial charge in [-0.1, -0.05) is 0 Å². The Kier molecular flexibility index (Phi) is 4.08. The summed E-state index contributed by atoms with van der Waals surface area (Å²) in [5.74, 6) is -1.40. The molecule has 7 nitrogen and oxygen atoms in total. The number of hydrogen-bond acceptors (Lipinski definition) is 6. The fraction of sp³-hybridized carbons (Fsp3) is 0.500. The van der Waals surface area contributed by atoms with Crippen LogP contribution in [0.4, 0.5) is 5.82 Å². The Morgan fingerprint density at radius 1 is 1.37 bits per heavy atom. The van der Waals surface area contributed by atoms with Gasteiger partial charge in [0.2, 0.25) is 5.82 Å². The zero-order chi connectivity index (χ0) is 14.8. The summed E-state index contributed by atoms with van der Waals surface area (Å²) in [5.41, 5.74) is -0.604. The second-order valence-electron chi connectivity index (χ2n) is 4.61. The van der Waals surface area contributed by atoms with Gasteiger partial charge in [0.1, 0.15) is 11.4 Å². The number of aliphatic carboxylic acids is 1. The van der Waals surface area contributed by atoms with E-state index in [0.29, 0.717) is 11.5 Å². The van der Waals surface area contributed by atoms with E-state index in [2.05, 4.69) is 14.7 Å². The number of ether oxygens (including phenoxy) is 1. The number of aryl methyl sites for hydroxylation is 1. The number of aromatic nitrogens is 2. The monoisotopic (exact) mass is 267 g/mol. The maximum Gasteiger partial charge on any atom is 0.376 e. The highest BCUT2D eigenvalue weighted by molar-refractivity contribution is 5.86. The minimum absolute atomic E-state index is 0.0921. The quantitative estimate of drug-likeness (QED) is 0.809. The first kappa shape index (κ1) is 14.9. The number of carbonyl (C=O) groups is 2. The summed E-state index contributed by atoms with van der Waals surface area (Å²) in [7, 11) is 2.83. The first-order chi connectivity index (χ1) is 8.70. The van der Waals surface area contributed by atoms with Gasteiger partial charge in [-0.2, -0.15) is 0 Å². The molecule has 19 heavy (non-hydrogen) atoms. The second-order valence-corrected chi connectivity index (χ2v) is 4.61. The summed E-state index contributed by atoms with van der Waals surface area (Å²) in [6.07, 6.45) is 0. The second kappa shape index (κ2) is 5.21. The standard InChI is InChI=1S/C12H17N3O4/c1-7-6-8(14-9(13-7)10(16)19-5)15(4)12(2,3)11(17)18/h6H,1-5H3,(H,17,18). The lowest BCUT2D eigenvalue weighted by Crippen LogP contribution is -2.48. The molecule has 0 aliphatic heterocycles. The molecule has 0 amide bonds. The number of carboxylic acids is 1. The molecule has 0 bridgehead atoms. The zero-order valence-corrected chi connectivity index (χ0v) is 11.6. The van der Waals surface area contributed by atoms with Gasteiger partial charge in [-0.3, -0.25) is 0 Å². The predicted octanol–water partition coefficient (Wildman–Crippen LogP) is 0.871. The van der Waals surface area contributed by atoms with E-state index in [1.807, 2.05) is 0 Å². The number of rotatable bonds is 4. The van der Waals surface area contributed by atoms with Crippen molar-refractivity contribution in [1.29, 1.82) is 0 Å². The van der Waals surface area contributed by atoms with Crippen LogP contribution in [0.2, 0.25) is 0 Å². The van der Waals surface area contributed by atoms with E-state index in [-0.39, 0.29) is 5.82 Å². The molecular formula is C12H17N3O4. The van der Waals surface area contributed by atoms with Crippen LogP contribution in [-0.2, 0) is 9.53 Å². The molecule has 0 atom stereocenters. The summed E-state index contributed by atoms with van der Waals surface area (Å²) in [5, 5.41) is 9.19. The number of methoxy groups -OCH3 is 1. The third-order valence-corrected chi connectivity index (χ3v) is 2.91. The van der Waals surface area contributed by atoms with Gasteiger partial charge in [0.25, 0.3) is 0 Å². The van der Waals surface area contributed by atoms with Crippen molar-refractivity contribution in [3.05, 3.63) is 17.6 Å². The van der Waals surface area contributed by atoms with Gasteiger partial charge < -0.3 is 14.7 Å². The zero-order valence-electron chi connectivity index (χ0n) is 11.6. The largest absolute Gasteiger partial charge is 0.480 e. The Bertz CT molecular complexity index is 514. The van der Waals surface area contributed by atoms with Crippen LogP contribution < -0.4 is 4.90 Å². The van der Waals surface area contributed by atoms with Crippen LogP contribution in [0.15, 0.2) is 6.07 Å². The van der Waals surface area contributed by atoms with Crippen LogP contribution in [0.3, 0.4) is 0 Å². The number of hydrogen-bond donors (Lipinski definition) is 1. The lowest BCUT2D eigenvalue weighted by Gasteiger charge is -2.32. The molecule has 0 saturated carbocycles. The fourth-order valence-corrected chi connectivity index (χ4v) is 1.34. The van der Waals surface area contributed by atoms with Gasteiger partial charge in [0, 0.05) is 18.8 Å². The predicted molar refractivity (Wildman–Crippen MR) is 68.2 cm³/mol. The van der Waals surface area contributed by atoms with E-state index in [9.17, 15) is 14.7 Å². The van der Waals surface area contributed by atoms with Gasteiger partial charge in [0.05, 0.1) is 7.11 Å². The average Bonchev–Trinajstić information content (AvgIpc) is 2.35. The van der Waals surface area contributed by atoms with E-state index in [4.69, 9.17) is 0 Å². The Balaban J connectivity index is 3.24. The van der Waals surface area contributed by atoms with Gasteiger partial charge in [-0.15, -0.1) is 0 Å². The van der Waals surface area contributed by atoms with Crippen molar-refractivity contribution < 1.29 is 19.4 Å². The van der Waals surface area contributed by atoms with Crippen LogP contribution >= 0.6 is 0 Å².